The Morgan fingerprint density at radius 3 is 2.86 bits per heavy atom. The molecule has 21 heavy (non-hydrogen) atoms. The maximum atomic E-state index is 11.9. The SMILES string of the molecule is CCCC(N)C(=O)Nc1ccc(C)c(-c2ncco2)c1.Cl. The van der Waals surface area contributed by atoms with Crippen LogP contribution >= 0.6 is 12.4 Å². The fraction of sp³-hybridized carbons (Fsp3) is 0.333. The lowest BCUT2D eigenvalue weighted by atomic mass is 10.1. The van der Waals surface area contributed by atoms with Gasteiger partial charge in [0.15, 0.2) is 0 Å². The molecule has 0 saturated heterocycles. The van der Waals surface area contributed by atoms with E-state index in [0.717, 1.165) is 17.5 Å². The monoisotopic (exact) mass is 309 g/mol. The molecule has 1 aromatic carbocycles. The molecule has 0 aliphatic rings. The third kappa shape index (κ3) is 4.31. The number of oxazole rings is 1. The summed E-state index contributed by atoms with van der Waals surface area (Å²) in [6.07, 6.45) is 4.67. The molecule has 1 aromatic heterocycles. The van der Waals surface area contributed by atoms with Gasteiger partial charge in [-0.05, 0) is 31.0 Å². The first-order chi connectivity index (χ1) is 9.61. The molecule has 6 heteroatoms. The van der Waals surface area contributed by atoms with Crippen molar-refractivity contribution in [1.29, 1.82) is 0 Å². The standard InChI is InChI=1S/C15H19N3O2.ClH/c1-3-4-13(16)14(19)18-11-6-5-10(2)12(9-11)15-17-7-8-20-15;/h5-9,13H,3-4,16H2,1-2H3,(H,18,19);1H. The largest absolute Gasteiger partial charge is 0.445 e. The highest BCUT2D eigenvalue weighted by molar-refractivity contribution is 5.95. The van der Waals surface area contributed by atoms with Gasteiger partial charge in [-0.15, -0.1) is 12.4 Å². The number of anilines is 1. The smallest absolute Gasteiger partial charge is 0.241 e. The zero-order valence-corrected chi connectivity index (χ0v) is 12.9. The van der Waals surface area contributed by atoms with Gasteiger partial charge in [0.1, 0.15) is 6.26 Å². The van der Waals surface area contributed by atoms with E-state index in [4.69, 9.17) is 10.2 Å². The highest BCUT2D eigenvalue weighted by Crippen LogP contribution is 2.25. The van der Waals surface area contributed by atoms with Gasteiger partial charge < -0.3 is 15.5 Å². The third-order valence-electron chi connectivity index (χ3n) is 3.10. The van der Waals surface area contributed by atoms with Crippen LogP contribution in [0.4, 0.5) is 5.69 Å². The molecule has 0 bridgehead atoms. The van der Waals surface area contributed by atoms with E-state index < -0.39 is 6.04 Å². The van der Waals surface area contributed by atoms with Crippen molar-refractivity contribution in [2.45, 2.75) is 32.7 Å². The fourth-order valence-electron chi connectivity index (χ4n) is 1.96. The van der Waals surface area contributed by atoms with Gasteiger partial charge in [-0.25, -0.2) is 4.98 Å². The van der Waals surface area contributed by atoms with E-state index in [0.29, 0.717) is 18.0 Å². The minimum atomic E-state index is -0.480. The second-order valence-electron chi connectivity index (χ2n) is 4.75. The maximum Gasteiger partial charge on any atom is 0.241 e. The number of nitrogens with one attached hydrogen (secondary N) is 1. The van der Waals surface area contributed by atoms with Gasteiger partial charge in [-0.3, -0.25) is 4.79 Å². The first-order valence-electron chi connectivity index (χ1n) is 6.68. The Kier molecular flexibility index (Phi) is 6.39. The zero-order valence-electron chi connectivity index (χ0n) is 12.1. The number of halogens is 1. The summed E-state index contributed by atoms with van der Waals surface area (Å²) in [5.41, 5.74) is 8.38. The van der Waals surface area contributed by atoms with Crippen molar-refractivity contribution in [2.24, 2.45) is 5.73 Å². The summed E-state index contributed by atoms with van der Waals surface area (Å²) in [6.45, 7) is 3.97. The summed E-state index contributed by atoms with van der Waals surface area (Å²) in [7, 11) is 0. The number of hydrogen-bond acceptors (Lipinski definition) is 4. The molecule has 1 heterocycles. The second-order valence-corrected chi connectivity index (χ2v) is 4.75. The van der Waals surface area contributed by atoms with E-state index in [9.17, 15) is 4.79 Å². The number of rotatable bonds is 5. The number of nitrogens with zero attached hydrogens (tertiary/aromatic N) is 1. The van der Waals surface area contributed by atoms with Crippen LogP contribution in [0.25, 0.3) is 11.5 Å². The Balaban J connectivity index is 0.00000220. The van der Waals surface area contributed by atoms with Crippen molar-refractivity contribution in [3.63, 3.8) is 0 Å². The van der Waals surface area contributed by atoms with E-state index in [1.54, 1.807) is 6.20 Å². The van der Waals surface area contributed by atoms with Crippen LogP contribution in [0.1, 0.15) is 25.3 Å². The van der Waals surface area contributed by atoms with E-state index in [1.165, 1.54) is 6.26 Å². The molecule has 2 aromatic rings. The second kappa shape index (κ2) is 7.81. The molecule has 1 atom stereocenters. The van der Waals surface area contributed by atoms with Crippen molar-refractivity contribution in [3.8, 4) is 11.5 Å². The van der Waals surface area contributed by atoms with Crippen LogP contribution in [0.5, 0.6) is 0 Å². The normalized spacial score (nSPS) is 11.6. The number of nitrogens with two attached hydrogens (primary N) is 1. The van der Waals surface area contributed by atoms with Gasteiger partial charge in [-0.2, -0.15) is 0 Å². The van der Waals surface area contributed by atoms with Crippen LogP contribution in [0.2, 0.25) is 0 Å². The van der Waals surface area contributed by atoms with Gasteiger partial charge in [0.25, 0.3) is 0 Å². The summed E-state index contributed by atoms with van der Waals surface area (Å²) < 4.78 is 5.30. The molecule has 0 saturated carbocycles. The lowest BCUT2D eigenvalue weighted by Crippen LogP contribution is -2.35. The number of carbonyl (C=O) groups is 1. The van der Waals surface area contributed by atoms with E-state index in [2.05, 4.69) is 10.3 Å². The Bertz CT molecular complexity index is 585. The molecule has 0 aliphatic heterocycles. The van der Waals surface area contributed by atoms with Crippen molar-refractivity contribution >= 4 is 24.0 Å². The molecule has 5 nitrogen and oxygen atoms in total. The minimum absolute atomic E-state index is 0. The van der Waals surface area contributed by atoms with E-state index in [-0.39, 0.29) is 18.3 Å². The van der Waals surface area contributed by atoms with Crippen molar-refractivity contribution in [1.82, 2.24) is 4.98 Å². The molecular formula is C15H20ClN3O2. The molecule has 3 N–H and O–H groups in total. The van der Waals surface area contributed by atoms with Crippen LogP contribution in [0, 0.1) is 6.92 Å². The van der Waals surface area contributed by atoms with Crippen LogP contribution < -0.4 is 11.1 Å². The Hall–Kier alpha value is -1.85. The zero-order chi connectivity index (χ0) is 14.5. The lowest BCUT2D eigenvalue weighted by molar-refractivity contribution is -0.117. The van der Waals surface area contributed by atoms with Crippen molar-refractivity contribution in [3.05, 3.63) is 36.2 Å². The van der Waals surface area contributed by atoms with Gasteiger partial charge >= 0.3 is 0 Å². The van der Waals surface area contributed by atoms with E-state index in [1.807, 2.05) is 32.0 Å². The summed E-state index contributed by atoms with van der Waals surface area (Å²) in [4.78, 5) is 16.0. The highest BCUT2D eigenvalue weighted by Gasteiger charge is 2.14. The molecular weight excluding hydrogens is 290 g/mol. The van der Waals surface area contributed by atoms with Crippen LogP contribution in [-0.4, -0.2) is 16.9 Å². The number of amides is 1. The van der Waals surface area contributed by atoms with Crippen LogP contribution in [-0.2, 0) is 4.79 Å². The van der Waals surface area contributed by atoms with Crippen molar-refractivity contribution < 1.29 is 9.21 Å². The number of aryl methyl sites for hydroxylation is 1. The number of benzene rings is 1. The fourth-order valence-corrected chi connectivity index (χ4v) is 1.96. The summed E-state index contributed by atoms with van der Waals surface area (Å²) in [5.74, 6) is 0.366. The topological polar surface area (TPSA) is 81.2 Å². The first-order valence-corrected chi connectivity index (χ1v) is 6.68. The van der Waals surface area contributed by atoms with Gasteiger partial charge in [0.2, 0.25) is 11.8 Å². The minimum Gasteiger partial charge on any atom is -0.445 e. The van der Waals surface area contributed by atoms with Crippen molar-refractivity contribution in [2.75, 3.05) is 5.32 Å². The molecule has 0 radical (unpaired) electrons. The Morgan fingerprint density at radius 1 is 1.48 bits per heavy atom. The Labute approximate surface area is 130 Å². The first kappa shape index (κ1) is 17.2. The molecule has 0 aliphatic carbocycles. The summed E-state index contributed by atoms with van der Waals surface area (Å²) in [5, 5.41) is 2.82. The molecule has 2 rings (SSSR count). The lowest BCUT2D eigenvalue weighted by Gasteiger charge is -2.12. The summed E-state index contributed by atoms with van der Waals surface area (Å²) in [6, 6.07) is 5.13. The number of aromatic nitrogens is 1. The van der Waals surface area contributed by atoms with Gasteiger partial charge in [0, 0.05) is 11.3 Å². The van der Waals surface area contributed by atoms with Crippen LogP contribution in [0.15, 0.2) is 35.1 Å². The molecule has 0 fully saturated rings. The van der Waals surface area contributed by atoms with Gasteiger partial charge in [-0.1, -0.05) is 19.4 Å². The van der Waals surface area contributed by atoms with E-state index >= 15 is 0 Å². The number of hydrogen-bond donors (Lipinski definition) is 2. The third-order valence-corrected chi connectivity index (χ3v) is 3.10. The highest BCUT2D eigenvalue weighted by atomic mass is 35.5. The quantitative estimate of drug-likeness (QED) is 0.889. The molecule has 114 valence electrons. The van der Waals surface area contributed by atoms with Crippen LogP contribution in [0.3, 0.4) is 0 Å². The van der Waals surface area contributed by atoms with Gasteiger partial charge in [0.05, 0.1) is 12.2 Å². The average Bonchev–Trinajstić information content (AvgIpc) is 2.95. The predicted molar refractivity (Wildman–Crippen MR) is 85.4 cm³/mol. The molecule has 1 unspecified atom stereocenters. The molecule has 1 amide bonds. The average molecular weight is 310 g/mol. The number of carbonyl (C=O) groups excluding carboxylic acids is 1. The predicted octanol–water partition coefficient (Wildman–Crippen LogP) is 3.14. The Morgan fingerprint density at radius 2 is 2.24 bits per heavy atom. The molecule has 0 spiro atoms. The summed E-state index contributed by atoms with van der Waals surface area (Å²) >= 11 is 0. The maximum absolute atomic E-state index is 11.9.